The average Bonchev–Trinajstić information content (AvgIpc) is 3.02. The Hall–Kier alpha value is -1.69. The number of aromatic nitrogens is 5. The molecule has 0 aliphatic carbocycles. The molecule has 0 spiro atoms. The van der Waals surface area contributed by atoms with Crippen molar-refractivity contribution in [2.45, 2.75) is 45.7 Å². The maximum Gasteiger partial charge on any atom is 0.149 e. The second-order valence-electron chi connectivity index (χ2n) is 4.86. The van der Waals surface area contributed by atoms with Gasteiger partial charge in [0.2, 0.25) is 0 Å². The zero-order valence-corrected chi connectivity index (χ0v) is 11.8. The van der Waals surface area contributed by atoms with Gasteiger partial charge in [-0.05, 0) is 13.3 Å². The van der Waals surface area contributed by atoms with E-state index in [1.165, 1.54) is 12.8 Å². The Bertz CT molecular complexity index is 501. The van der Waals surface area contributed by atoms with Gasteiger partial charge >= 0.3 is 0 Å². The monoisotopic (exact) mass is 262 g/mol. The van der Waals surface area contributed by atoms with Gasteiger partial charge in [0.15, 0.2) is 0 Å². The van der Waals surface area contributed by atoms with Gasteiger partial charge in [0.05, 0.1) is 6.04 Å². The summed E-state index contributed by atoms with van der Waals surface area (Å²) in [6.07, 6.45) is 7.01. The normalized spacial score (nSPS) is 12.8. The lowest BCUT2D eigenvalue weighted by Crippen LogP contribution is -2.21. The standard InChI is InChI=1S/C13H22N6/c1-4-5-6-12-15-8-11(17-12)7-14-10(2)13-18-16-9-19(13)3/h8-10,14H,4-7H2,1-3H3,(H,15,17)/t10-/m0/s1. The molecule has 2 rings (SSSR count). The fraction of sp³-hybridized carbons (Fsp3) is 0.615. The predicted molar refractivity (Wildman–Crippen MR) is 73.5 cm³/mol. The highest BCUT2D eigenvalue weighted by atomic mass is 15.3. The Morgan fingerprint density at radius 2 is 2.32 bits per heavy atom. The zero-order chi connectivity index (χ0) is 13.7. The highest BCUT2D eigenvalue weighted by Gasteiger charge is 2.11. The van der Waals surface area contributed by atoms with Crippen LogP contribution in [-0.2, 0) is 20.0 Å². The number of aryl methyl sites for hydroxylation is 2. The third-order valence-electron chi connectivity index (χ3n) is 3.18. The molecular weight excluding hydrogens is 240 g/mol. The maximum atomic E-state index is 4.38. The molecule has 0 fully saturated rings. The van der Waals surface area contributed by atoms with Gasteiger partial charge in [-0.3, -0.25) is 0 Å². The molecule has 2 heterocycles. The Morgan fingerprint density at radius 1 is 1.47 bits per heavy atom. The van der Waals surface area contributed by atoms with Crippen molar-refractivity contribution in [3.05, 3.63) is 29.9 Å². The van der Waals surface area contributed by atoms with Crippen LogP contribution < -0.4 is 5.32 Å². The summed E-state index contributed by atoms with van der Waals surface area (Å²) in [5, 5.41) is 11.4. The molecule has 0 unspecified atom stereocenters. The van der Waals surface area contributed by atoms with Crippen LogP contribution in [0.15, 0.2) is 12.5 Å². The van der Waals surface area contributed by atoms with Gasteiger partial charge in [0.1, 0.15) is 18.0 Å². The Labute approximate surface area is 113 Å². The van der Waals surface area contributed by atoms with Crippen LogP contribution in [0.25, 0.3) is 0 Å². The van der Waals surface area contributed by atoms with Crippen LogP contribution in [0.3, 0.4) is 0 Å². The molecule has 0 bridgehead atoms. The van der Waals surface area contributed by atoms with Crippen LogP contribution in [0.1, 0.15) is 50.1 Å². The number of rotatable bonds is 7. The summed E-state index contributed by atoms with van der Waals surface area (Å²) < 4.78 is 1.93. The van der Waals surface area contributed by atoms with E-state index in [9.17, 15) is 0 Å². The third-order valence-corrected chi connectivity index (χ3v) is 3.18. The summed E-state index contributed by atoms with van der Waals surface area (Å²) in [5.74, 6) is 2.01. The third kappa shape index (κ3) is 3.64. The smallest absolute Gasteiger partial charge is 0.149 e. The van der Waals surface area contributed by atoms with E-state index in [1.807, 2.05) is 17.8 Å². The van der Waals surface area contributed by atoms with Crippen molar-refractivity contribution in [2.24, 2.45) is 7.05 Å². The van der Waals surface area contributed by atoms with Crippen molar-refractivity contribution in [1.82, 2.24) is 30.0 Å². The van der Waals surface area contributed by atoms with Crippen molar-refractivity contribution in [3.63, 3.8) is 0 Å². The number of hydrogen-bond donors (Lipinski definition) is 2. The second kappa shape index (κ2) is 6.47. The van der Waals surface area contributed by atoms with Crippen molar-refractivity contribution < 1.29 is 0 Å². The van der Waals surface area contributed by atoms with Crippen LogP contribution in [0.2, 0.25) is 0 Å². The molecule has 0 saturated carbocycles. The van der Waals surface area contributed by atoms with E-state index in [0.29, 0.717) is 0 Å². The minimum absolute atomic E-state index is 0.162. The number of unbranched alkanes of at least 4 members (excludes halogenated alkanes) is 1. The summed E-state index contributed by atoms with van der Waals surface area (Å²) >= 11 is 0. The minimum atomic E-state index is 0.162. The molecule has 0 aromatic carbocycles. The summed E-state index contributed by atoms with van der Waals surface area (Å²) in [5.41, 5.74) is 1.11. The Balaban J connectivity index is 1.85. The van der Waals surface area contributed by atoms with E-state index < -0.39 is 0 Å². The van der Waals surface area contributed by atoms with Gasteiger partial charge in [-0.2, -0.15) is 0 Å². The van der Waals surface area contributed by atoms with Crippen LogP contribution in [-0.4, -0.2) is 24.7 Å². The zero-order valence-electron chi connectivity index (χ0n) is 11.8. The summed E-state index contributed by atoms with van der Waals surface area (Å²) in [4.78, 5) is 7.73. The van der Waals surface area contributed by atoms with Gasteiger partial charge in [0.25, 0.3) is 0 Å². The SMILES string of the molecule is CCCCc1ncc(CN[C@@H](C)c2nncn2C)[nH]1. The first-order chi connectivity index (χ1) is 9.20. The molecule has 19 heavy (non-hydrogen) atoms. The van der Waals surface area contributed by atoms with E-state index in [1.54, 1.807) is 6.33 Å². The van der Waals surface area contributed by atoms with Crippen molar-refractivity contribution >= 4 is 0 Å². The molecule has 0 saturated heterocycles. The highest BCUT2D eigenvalue weighted by molar-refractivity contribution is 5.02. The number of imidazole rings is 1. The molecule has 2 aromatic rings. The molecule has 6 nitrogen and oxygen atoms in total. The van der Waals surface area contributed by atoms with Gasteiger partial charge in [-0.25, -0.2) is 4.98 Å². The number of hydrogen-bond acceptors (Lipinski definition) is 4. The van der Waals surface area contributed by atoms with E-state index >= 15 is 0 Å². The lowest BCUT2D eigenvalue weighted by atomic mass is 10.2. The van der Waals surface area contributed by atoms with Gasteiger partial charge in [-0.1, -0.05) is 13.3 Å². The topological polar surface area (TPSA) is 71.4 Å². The highest BCUT2D eigenvalue weighted by Crippen LogP contribution is 2.08. The van der Waals surface area contributed by atoms with E-state index in [0.717, 1.165) is 30.3 Å². The average molecular weight is 262 g/mol. The number of aromatic amines is 1. The first kappa shape index (κ1) is 13.7. The number of H-pyrrole nitrogens is 1. The lowest BCUT2D eigenvalue weighted by Gasteiger charge is -2.11. The van der Waals surface area contributed by atoms with Crippen LogP contribution >= 0.6 is 0 Å². The molecular formula is C13H22N6. The van der Waals surface area contributed by atoms with Crippen molar-refractivity contribution in [3.8, 4) is 0 Å². The molecule has 2 N–H and O–H groups in total. The van der Waals surface area contributed by atoms with Crippen LogP contribution in [0, 0.1) is 0 Å². The van der Waals surface area contributed by atoms with E-state index in [-0.39, 0.29) is 6.04 Å². The molecule has 0 radical (unpaired) electrons. The summed E-state index contributed by atoms with van der Waals surface area (Å²) in [7, 11) is 1.95. The first-order valence-corrected chi connectivity index (χ1v) is 6.80. The largest absolute Gasteiger partial charge is 0.345 e. The molecule has 104 valence electrons. The first-order valence-electron chi connectivity index (χ1n) is 6.80. The van der Waals surface area contributed by atoms with Crippen LogP contribution in [0.5, 0.6) is 0 Å². The fourth-order valence-corrected chi connectivity index (χ4v) is 2.01. The number of nitrogens with one attached hydrogen (secondary N) is 2. The van der Waals surface area contributed by atoms with Crippen molar-refractivity contribution in [2.75, 3.05) is 0 Å². The summed E-state index contributed by atoms with van der Waals surface area (Å²) in [6, 6.07) is 0.162. The maximum absolute atomic E-state index is 4.38. The number of nitrogens with zero attached hydrogens (tertiary/aromatic N) is 4. The molecule has 0 aliphatic heterocycles. The molecule has 0 amide bonds. The Morgan fingerprint density at radius 3 is 3.00 bits per heavy atom. The van der Waals surface area contributed by atoms with E-state index in [4.69, 9.17) is 0 Å². The van der Waals surface area contributed by atoms with Gasteiger partial charge in [0, 0.05) is 31.9 Å². The lowest BCUT2D eigenvalue weighted by molar-refractivity contribution is 0.524. The minimum Gasteiger partial charge on any atom is -0.345 e. The molecule has 0 aliphatic rings. The fourth-order valence-electron chi connectivity index (χ4n) is 2.01. The predicted octanol–water partition coefficient (Wildman–Crippen LogP) is 1.73. The molecule has 2 aromatic heterocycles. The van der Waals surface area contributed by atoms with Gasteiger partial charge < -0.3 is 14.9 Å². The Kier molecular flexibility index (Phi) is 4.68. The van der Waals surface area contributed by atoms with Crippen LogP contribution in [0.4, 0.5) is 0 Å². The molecule has 1 atom stereocenters. The summed E-state index contributed by atoms with van der Waals surface area (Å²) in [6.45, 7) is 5.03. The van der Waals surface area contributed by atoms with Gasteiger partial charge in [-0.15, -0.1) is 10.2 Å². The molecule has 6 heteroatoms. The van der Waals surface area contributed by atoms with E-state index in [2.05, 4.69) is 39.3 Å². The second-order valence-corrected chi connectivity index (χ2v) is 4.86. The van der Waals surface area contributed by atoms with Crippen molar-refractivity contribution in [1.29, 1.82) is 0 Å². The quantitative estimate of drug-likeness (QED) is 0.797.